The largest absolute Gasteiger partial charge is 0.410 e. The fourth-order valence-corrected chi connectivity index (χ4v) is 1.98. The Balaban J connectivity index is 1.90. The van der Waals surface area contributed by atoms with Crippen LogP contribution < -0.4 is 15.7 Å². The molecule has 0 aliphatic rings. The van der Waals surface area contributed by atoms with E-state index in [1.807, 2.05) is 24.3 Å². The number of para-hydroxylation sites is 1. The molecule has 0 aliphatic carbocycles. The molecule has 0 aliphatic heterocycles. The van der Waals surface area contributed by atoms with Crippen molar-refractivity contribution in [1.82, 2.24) is 10.0 Å². The van der Waals surface area contributed by atoms with Crippen molar-refractivity contribution in [3.8, 4) is 0 Å². The first kappa shape index (κ1) is 14.6. The lowest BCUT2D eigenvalue weighted by Gasteiger charge is -2.11. The van der Waals surface area contributed by atoms with E-state index < -0.39 is 0 Å². The summed E-state index contributed by atoms with van der Waals surface area (Å²) >= 11 is 0. The lowest BCUT2D eigenvalue weighted by molar-refractivity contribution is 0.110. The highest BCUT2D eigenvalue weighted by Crippen LogP contribution is 2.09. The number of aromatic nitrogens is 1. The summed E-state index contributed by atoms with van der Waals surface area (Å²) in [6.07, 6.45) is 1.56. The number of nitrogens with zero attached hydrogens (tertiary/aromatic N) is 1. The Morgan fingerprint density at radius 1 is 1.10 bits per heavy atom. The summed E-state index contributed by atoms with van der Waals surface area (Å²) in [4.78, 5) is 17.4. The molecule has 0 bridgehead atoms. The van der Waals surface area contributed by atoms with Crippen molar-refractivity contribution in [3.05, 3.63) is 46.8 Å². The van der Waals surface area contributed by atoms with Crippen LogP contribution in [0.25, 0.3) is 10.9 Å². The molecule has 0 spiro atoms. The molecule has 0 amide bonds. The highest BCUT2D eigenvalue weighted by atomic mass is 16.7. The van der Waals surface area contributed by atoms with Crippen molar-refractivity contribution in [1.29, 1.82) is 0 Å². The van der Waals surface area contributed by atoms with E-state index in [0.717, 1.165) is 36.8 Å². The second-order valence-corrected chi connectivity index (χ2v) is 4.54. The van der Waals surface area contributed by atoms with Crippen LogP contribution >= 0.6 is 0 Å². The first-order valence-corrected chi connectivity index (χ1v) is 6.88. The average Bonchev–Trinajstić information content (AvgIpc) is 2.48. The summed E-state index contributed by atoms with van der Waals surface area (Å²) in [5.74, 6) is 0. The van der Waals surface area contributed by atoms with Gasteiger partial charge in [0.05, 0.1) is 5.52 Å². The highest BCUT2D eigenvalue weighted by molar-refractivity contribution is 5.78. The van der Waals surface area contributed by atoms with E-state index in [2.05, 4.69) is 5.32 Å². The summed E-state index contributed by atoms with van der Waals surface area (Å²) in [6, 6.07) is 11.0. The van der Waals surface area contributed by atoms with Gasteiger partial charge in [0.25, 0.3) is 5.56 Å². The number of aliphatic hydroxyl groups excluding tert-OH is 1. The highest BCUT2D eigenvalue weighted by Gasteiger charge is 2.02. The Kier molecular flexibility index (Phi) is 5.58. The molecule has 2 aromatic rings. The zero-order chi connectivity index (χ0) is 14.2. The second-order valence-electron chi connectivity index (χ2n) is 4.54. The summed E-state index contributed by atoms with van der Waals surface area (Å²) in [5, 5.41) is 12.8. The average molecular weight is 276 g/mol. The Hall–Kier alpha value is -1.85. The third-order valence-electron chi connectivity index (χ3n) is 2.99. The third kappa shape index (κ3) is 3.82. The molecule has 108 valence electrons. The molecule has 2 N–H and O–H groups in total. The Morgan fingerprint density at radius 2 is 1.90 bits per heavy atom. The van der Waals surface area contributed by atoms with Crippen LogP contribution in [0.1, 0.15) is 12.8 Å². The fourth-order valence-electron chi connectivity index (χ4n) is 1.98. The predicted octanol–water partition coefficient (Wildman–Crippen LogP) is 0.792. The van der Waals surface area contributed by atoms with Crippen LogP contribution in [-0.2, 0) is 0 Å². The van der Waals surface area contributed by atoms with Gasteiger partial charge >= 0.3 is 0 Å². The number of rotatable bonds is 8. The molecule has 2 rings (SSSR count). The number of hydrogen-bond acceptors (Lipinski definition) is 4. The van der Waals surface area contributed by atoms with E-state index in [0.29, 0.717) is 6.61 Å². The van der Waals surface area contributed by atoms with Crippen molar-refractivity contribution < 1.29 is 9.94 Å². The third-order valence-corrected chi connectivity index (χ3v) is 2.99. The van der Waals surface area contributed by atoms with Gasteiger partial charge in [0, 0.05) is 18.1 Å². The SMILES string of the molecule is O=c1ccc2ccccc2n1OCCCNCCCO. The Labute approximate surface area is 117 Å². The number of aliphatic hydroxyl groups is 1. The normalized spacial score (nSPS) is 10.8. The van der Waals surface area contributed by atoms with Gasteiger partial charge in [-0.3, -0.25) is 4.79 Å². The van der Waals surface area contributed by atoms with Gasteiger partial charge in [-0.15, -0.1) is 4.73 Å². The monoisotopic (exact) mass is 276 g/mol. The Morgan fingerprint density at radius 3 is 2.75 bits per heavy atom. The van der Waals surface area contributed by atoms with Crippen LogP contribution in [0.15, 0.2) is 41.2 Å². The lowest BCUT2D eigenvalue weighted by Crippen LogP contribution is -2.28. The Bertz CT molecular complexity index is 595. The molecular formula is C15H20N2O3. The van der Waals surface area contributed by atoms with Crippen LogP contribution in [0.3, 0.4) is 0 Å². The van der Waals surface area contributed by atoms with Crippen molar-refractivity contribution in [3.63, 3.8) is 0 Å². The zero-order valence-electron chi connectivity index (χ0n) is 11.4. The van der Waals surface area contributed by atoms with E-state index in [9.17, 15) is 4.79 Å². The maximum absolute atomic E-state index is 11.8. The molecule has 0 radical (unpaired) electrons. The van der Waals surface area contributed by atoms with Gasteiger partial charge in [0.2, 0.25) is 0 Å². The van der Waals surface area contributed by atoms with Crippen LogP contribution in [0.5, 0.6) is 0 Å². The number of fused-ring (bicyclic) bond motifs is 1. The van der Waals surface area contributed by atoms with Crippen molar-refractivity contribution in [2.75, 3.05) is 26.3 Å². The van der Waals surface area contributed by atoms with Crippen molar-refractivity contribution >= 4 is 10.9 Å². The molecule has 0 fully saturated rings. The molecule has 5 heteroatoms. The van der Waals surface area contributed by atoms with E-state index in [1.165, 1.54) is 10.8 Å². The minimum absolute atomic E-state index is 0.156. The quantitative estimate of drug-likeness (QED) is 0.700. The van der Waals surface area contributed by atoms with Crippen LogP contribution in [0, 0.1) is 0 Å². The molecule has 1 aromatic heterocycles. The van der Waals surface area contributed by atoms with E-state index in [1.54, 1.807) is 6.07 Å². The van der Waals surface area contributed by atoms with Gasteiger partial charge in [-0.1, -0.05) is 18.2 Å². The van der Waals surface area contributed by atoms with Gasteiger partial charge < -0.3 is 15.3 Å². The fraction of sp³-hybridized carbons (Fsp3) is 0.400. The van der Waals surface area contributed by atoms with Gasteiger partial charge in [0.15, 0.2) is 0 Å². The topological polar surface area (TPSA) is 63.5 Å². The summed E-state index contributed by atoms with van der Waals surface area (Å²) in [7, 11) is 0. The zero-order valence-corrected chi connectivity index (χ0v) is 11.4. The van der Waals surface area contributed by atoms with Crippen LogP contribution in [-0.4, -0.2) is 36.1 Å². The number of nitrogens with one attached hydrogen (secondary N) is 1. The van der Waals surface area contributed by atoms with Gasteiger partial charge in [-0.05, 0) is 38.1 Å². The first-order valence-electron chi connectivity index (χ1n) is 6.88. The second kappa shape index (κ2) is 7.67. The molecule has 0 atom stereocenters. The summed E-state index contributed by atoms with van der Waals surface area (Å²) in [5.41, 5.74) is 0.630. The maximum atomic E-state index is 11.8. The van der Waals surface area contributed by atoms with Crippen molar-refractivity contribution in [2.24, 2.45) is 0 Å². The van der Waals surface area contributed by atoms with Gasteiger partial charge in [-0.25, -0.2) is 0 Å². The number of pyridine rings is 1. The smallest absolute Gasteiger partial charge is 0.283 e. The number of hydrogen-bond donors (Lipinski definition) is 2. The minimum atomic E-state index is -0.156. The number of benzene rings is 1. The molecule has 0 saturated carbocycles. The minimum Gasteiger partial charge on any atom is -0.410 e. The van der Waals surface area contributed by atoms with Gasteiger partial charge in [-0.2, -0.15) is 0 Å². The molecule has 5 nitrogen and oxygen atoms in total. The lowest BCUT2D eigenvalue weighted by atomic mass is 10.2. The summed E-state index contributed by atoms with van der Waals surface area (Å²) < 4.78 is 1.35. The van der Waals surface area contributed by atoms with E-state index >= 15 is 0 Å². The standard InChI is InChI=1S/C15H20N2O3/c18-11-3-9-16-10-4-12-20-17-14-6-2-1-5-13(14)7-8-15(17)19/h1-2,5-8,16,18H,3-4,9-12H2. The molecule has 1 aromatic carbocycles. The molecule has 20 heavy (non-hydrogen) atoms. The van der Waals surface area contributed by atoms with E-state index in [-0.39, 0.29) is 12.2 Å². The van der Waals surface area contributed by atoms with Gasteiger partial charge in [0.1, 0.15) is 6.61 Å². The first-order chi connectivity index (χ1) is 9.83. The summed E-state index contributed by atoms with van der Waals surface area (Å²) in [6.45, 7) is 2.28. The predicted molar refractivity (Wildman–Crippen MR) is 78.8 cm³/mol. The molecular weight excluding hydrogens is 256 g/mol. The maximum Gasteiger partial charge on any atom is 0.283 e. The molecule has 0 saturated heterocycles. The van der Waals surface area contributed by atoms with Crippen molar-refractivity contribution in [2.45, 2.75) is 12.8 Å². The van der Waals surface area contributed by atoms with Crippen LogP contribution in [0.4, 0.5) is 0 Å². The van der Waals surface area contributed by atoms with Crippen LogP contribution in [0.2, 0.25) is 0 Å². The molecule has 0 unspecified atom stereocenters. The van der Waals surface area contributed by atoms with E-state index in [4.69, 9.17) is 9.94 Å². The molecule has 1 heterocycles.